The first-order valence-corrected chi connectivity index (χ1v) is 9.55. The summed E-state index contributed by atoms with van der Waals surface area (Å²) in [5.74, 6) is 0.874. The van der Waals surface area contributed by atoms with Crippen LogP contribution in [-0.2, 0) is 6.42 Å². The molecule has 0 aliphatic rings. The van der Waals surface area contributed by atoms with E-state index in [9.17, 15) is 0 Å². The zero-order valence-corrected chi connectivity index (χ0v) is 16.6. The van der Waals surface area contributed by atoms with Gasteiger partial charge in [0.2, 0.25) is 0 Å². The number of aromatic nitrogens is 2. The zero-order valence-electron chi connectivity index (χ0n) is 16.6. The average molecular weight is 381 g/mol. The molecule has 0 fully saturated rings. The molecule has 29 heavy (non-hydrogen) atoms. The molecule has 0 saturated heterocycles. The van der Waals surface area contributed by atoms with Crippen LogP contribution in [-0.4, -0.2) is 36.0 Å². The number of nitrogens with zero attached hydrogens (tertiary/aromatic N) is 4. The Balaban J connectivity index is 1.59. The first-order valence-electron chi connectivity index (χ1n) is 9.55. The molecule has 3 aromatic carbocycles. The molecule has 0 unspecified atom stereocenters. The molecule has 1 heterocycles. The summed E-state index contributed by atoms with van der Waals surface area (Å²) in [6, 6.07) is 26.3. The van der Waals surface area contributed by atoms with Crippen LogP contribution < -0.4 is 4.90 Å². The van der Waals surface area contributed by atoms with Gasteiger partial charge in [-0.2, -0.15) is 10.2 Å². The summed E-state index contributed by atoms with van der Waals surface area (Å²) in [5, 5.41) is 8.88. The predicted octanol–water partition coefficient (Wildman–Crippen LogP) is 4.69. The van der Waals surface area contributed by atoms with Crippen LogP contribution in [0.25, 0.3) is 11.0 Å². The van der Waals surface area contributed by atoms with Gasteiger partial charge in [-0.15, -0.1) is 0 Å². The van der Waals surface area contributed by atoms with Crippen molar-refractivity contribution in [1.29, 1.82) is 0 Å². The van der Waals surface area contributed by atoms with Gasteiger partial charge in [0.15, 0.2) is 0 Å². The van der Waals surface area contributed by atoms with Crippen LogP contribution in [0.15, 0.2) is 89.1 Å². The van der Waals surface area contributed by atoms with E-state index in [2.05, 4.69) is 37.2 Å². The van der Waals surface area contributed by atoms with E-state index in [1.807, 2.05) is 80.8 Å². The van der Waals surface area contributed by atoms with Crippen molar-refractivity contribution in [1.82, 2.24) is 9.97 Å². The lowest BCUT2D eigenvalue weighted by Crippen LogP contribution is -2.08. The SMILES string of the molecule is CN(C)c1ccc(/C=N/N=C(\Cc2nc3ccccc3[nH]2)c2ccccc2)cc1. The zero-order chi connectivity index (χ0) is 20.1. The van der Waals surface area contributed by atoms with Crippen molar-refractivity contribution < 1.29 is 0 Å². The number of benzene rings is 3. The maximum atomic E-state index is 4.68. The smallest absolute Gasteiger partial charge is 0.113 e. The van der Waals surface area contributed by atoms with Gasteiger partial charge < -0.3 is 9.88 Å². The first kappa shape index (κ1) is 18.6. The second kappa shape index (κ2) is 8.52. The quantitative estimate of drug-likeness (QED) is 0.389. The van der Waals surface area contributed by atoms with Crippen LogP contribution in [0.1, 0.15) is 17.0 Å². The van der Waals surface area contributed by atoms with Crippen molar-refractivity contribution in [2.75, 3.05) is 19.0 Å². The Labute approximate surface area is 170 Å². The van der Waals surface area contributed by atoms with Crippen molar-refractivity contribution in [2.24, 2.45) is 10.2 Å². The molecule has 4 aromatic rings. The number of imidazole rings is 1. The summed E-state index contributed by atoms with van der Waals surface area (Å²) in [5.41, 5.74) is 6.05. The van der Waals surface area contributed by atoms with E-state index in [0.29, 0.717) is 6.42 Å². The minimum absolute atomic E-state index is 0.579. The molecule has 144 valence electrons. The number of H-pyrrole nitrogens is 1. The molecule has 0 aliphatic carbocycles. The first-order chi connectivity index (χ1) is 14.2. The standard InChI is InChI=1S/C24H23N5/c1-29(2)20-14-12-18(13-15-20)17-25-28-23(19-8-4-3-5-9-19)16-24-26-21-10-6-7-11-22(21)27-24/h3-15,17H,16H2,1-2H3,(H,26,27)/b25-17+,28-23+. The minimum atomic E-state index is 0.579. The lowest BCUT2D eigenvalue weighted by Gasteiger charge is -2.11. The van der Waals surface area contributed by atoms with E-state index >= 15 is 0 Å². The normalized spacial score (nSPS) is 12.0. The summed E-state index contributed by atoms with van der Waals surface area (Å²) < 4.78 is 0. The Kier molecular flexibility index (Phi) is 5.47. The van der Waals surface area contributed by atoms with E-state index in [4.69, 9.17) is 0 Å². The van der Waals surface area contributed by atoms with Crippen molar-refractivity contribution in [3.63, 3.8) is 0 Å². The minimum Gasteiger partial charge on any atom is -0.378 e. The second-order valence-corrected chi connectivity index (χ2v) is 7.02. The van der Waals surface area contributed by atoms with Crippen LogP contribution in [0.5, 0.6) is 0 Å². The number of hydrogen-bond donors (Lipinski definition) is 1. The topological polar surface area (TPSA) is 56.6 Å². The number of fused-ring (bicyclic) bond motifs is 1. The molecule has 0 atom stereocenters. The van der Waals surface area contributed by atoms with Gasteiger partial charge in [-0.25, -0.2) is 4.98 Å². The molecular weight excluding hydrogens is 358 g/mol. The van der Waals surface area contributed by atoms with Gasteiger partial charge in [0, 0.05) is 19.8 Å². The van der Waals surface area contributed by atoms with Gasteiger partial charge in [0.25, 0.3) is 0 Å². The average Bonchev–Trinajstić information content (AvgIpc) is 3.16. The Morgan fingerprint density at radius 1 is 0.931 bits per heavy atom. The monoisotopic (exact) mass is 381 g/mol. The van der Waals surface area contributed by atoms with Crippen molar-refractivity contribution in [3.05, 3.63) is 95.8 Å². The van der Waals surface area contributed by atoms with Crippen molar-refractivity contribution in [2.45, 2.75) is 6.42 Å². The Bertz CT molecular complexity index is 1110. The molecule has 0 radical (unpaired) electrons. The highest BCUT2D eigenvalue weighted by Crippen LogP contribution is 2.14. The van der Waals surface area contributed by atoms with Gasteiger partial charge in [-0.3, -0.25) is 0 Å². The summed E-state index contributed by atoms with van der Waals surface area (Å²) in [4.78, 5) is 10.1. The predicted molar refractivity (Wildman–Crippen MR) is 121 cm³/mol. The largest absolute Gasteiger partial charge is 0.378 e. The molecule has 0 saturated carbocycles. The Morgan fingerprint density at radius 3 is 2.38 bits per heavy atom. The number of rotatable bonds is 6. The molecule has 5 heteroatoms. The second-order valence-electron chi connectivity index (χ2n) is 7.02. The summed E-state index contributed by atoms with van der Waals surface area (Å²) in [6.45, 7) is 0. The molecule has 0 bridgehead atoms. The van der Waals surface area contributed by atoms with Gasteiger partial charge in [0.1, 0.15) is 5.82 Å². The highest BCUT2D eigenvalue weighted by molar-refractivity contribution is 6.02. The molecule has 1 aromatic heterocycles. The van der Waals surface area contributed by atoms with Crippen LogP contribution >= 0.6 is 0 Å². The van der Waals surface area contributed by atoms with Gasteiger partial charge in [0.05, 0.1) is 29.4 Å². The number of para-hydroxylation sites is 2. The maximum absolute atomic E-state index is 4.68. The van der Waals surface area contributed by atoms with E-state index in [0.717, 1.165) is 39.4 Å². The van der Waals surface area contributed by atoms with Crippen LogP contribution in [0, 0.1) is 0 Å². The van der Waals surface area contributed by atoms with E-state index < -0.39 is 0 Å². The third kappa shape index (κ3) is 4.58. The van der Waals surface area contributed by atoms with Crippen molar-refractivity contribution >= 4 is 28.6 Å². The molecule has 5 nitrogen and oxygen atoms in total. The highest BCUT2D eigenvalue weighted by atomic mass is 15.2. The number of aromatic amines is 1. The Hall–Kier alpha value is -3.73. The lowest BCUT2D eigenvalue weighted by atomic mass is 10.1. The van der Waals surface area contributed by atoms with E-state index in [-0.39, 0.29) is 0 Å². The van der Waals surface area contributed by atoms with E-state index in [1.54, 1.807) is 6.21 Å². The summed E-state index contributed by atoms with van der Waals surface area (Å²) >= 11 is 0. The maximum Gasteiger partial charge on any atom is 0.113 e. The lowest BCUT2D eigenvalue weighted by molar-refractivity contribution is 1.08. The van der Waals surface area contributed by atoms with Gasteiger partial charge in [-0.05, 0) is 35.4 Å². The van der Waals surface area contributed by atoms with Gasteiger partial charge in [-0.1, -0.05) is 54.6 Å². The molecule has 0 amide bonds. The van der Waals surface area contributed by atoms with Crippen LogP contribution in [0.4, 0.5) is 5.69 Å². The number of anilines is 1. The molecule has 0 spiro atoms. The fraction of sp³-hybridized carbons (Fsp3) is 0.125. The van der Waals surface area contributed by atoms with Gasteiger partial charge >= 0.3 is 0 Å². The van der Waals surface area contributed by atoms with Crippen LogP contribution in [0.2, 0.25) is 0 Å². The summed E-state index contributed by atoms with van der Waals surface area (Å²) in [7, 11) is 4.05. The molecule has 0 aliphatic heterocycles. The summed E-state index contributed by atoms with van der Waals surface area (Å²) in [6.07, 6.45) is 2.36. The highest BCUT2D eigenvalue weighted by Gasteiger charge is 2.09. The molecule has 1 N–H and O–H groups in total. The number of hydrogen-bond acceptors (Lipinski definition) is 4. The molecule has 4 rings (SSSR count). The van der Waals surface area contributed by atoms with Crippen molar-refractivity contribution in [3.8, 4) is 0 Å². The Morgan fingerprint density at radius 2 is 1.66 bits per heavy atom. The molecular formula is C24H23N5. The van der Waals surface area contributed by atoms with Crippen LogP contribution in [0.3, 0.4) is 0 Å². The fourth-order valence-corrected chi connectivity index (χ4v) is 3.10. The van der Waals surface area contributed by atoms with E-state index in [1.165, 1.54) is 0 Å². The third-order valence-electron chi connectivity index (χ3n) is 4.68. The fourth-order valence-electron chi connectivity index (χ4n) is 3.10. The third-order valence-corrected chi connectivity index (χ3v) is 4.68. The number of nitrogens with one attached hydrogen (secondary N) is 1.